The fourth-order valence-corrected chi connectivity index (χ4v) is 3.75. The van der Waals surface area contributed by atoms with Crippen molar-refractivity contribution >= 4 is 40.4 Å². The van der Waals surface area contributed by atoms with E-state index in [1.165, 1.54) is 16.0 Å². The third kappa shape index (κ3) is 4.26. The Bertz CT molecular complexity index is 1260. The number of benzene rings is 1. The van der Waals surface area contributed by atoms with E-state index in [-0.39, 0.29) is 17.3 Å². The maximum atomic E-state index is 12.9. The van der Waals surface area contributed by atoms with Gasteiger partial charge in [-0.3, -0.25) is 15.6 Å². The number of amides is 1. The summed E-state index contributed by atoms with van der Waals surface area (Å²) in [5, 5.41) is 15.4. The molecule has 0 aliphatic heterocycles. The molecule has 164 valence electrons. The highest BCUT2D eigenvalue weighted by molar-refractivity contribution is 7.17. The number of nitrogens with two attached hydrogens (primary N) is 1. The summed E-state index contributed by atoms with van der Waals surface area (Å²) in [7, 11) is 0. The van der Waals surface area contributed by atoms with Gasteiger partial charge < -0.3 is 10.5 Å². The second kappa shape index (κ2) is 9.08. The van der Waals surface area contributed by atoms with Crippen LogP contribution in [-0.4, -0.2) is 37.8 Å². The van der Waals surface area contributed by atoms with Crippen LogP contribution < -0.4 is 21.3 Å². The Kier molecular flexibility index (Phi) is 6.05. The van der Waals surface area contributed by atoms with Crippen molar-refractivity contribution in [2.24, 2.45) is 0 Å². The molecule has 0 aliphatic carbocycles. The van der Waals surface area contributed by atoms with Crippen LogP contribution in [0.15, 0.2) is 47.6 Å². The van der Waals surface area contributed by atoms with Gasteiger partial charge in [0, 0.05) is 5.56 Å². The highest BCUT2D eigenvalue weighted by Gasteiger charge is 2.25. The first-order valence-corrected chi connectivity index (χ1v) is 10.5. The minimum Gasteiger partial charge on any atom is -0.494 e. The highest BCUT2D eigenvalue weighted by Crippen LogP contribution is 2.28. The number of nitrogens with one attached hydrogen (secondary N) is 2. The summed E-state index contributed by atoms with van der Waals surface area (Å²) < 4.78 is 12.0. The van der Waals surface area contributed by atoms with Crippen molar-refractivity contribution < 1.29 is 14.2 Å². The Hall–Kier alpha value is -3.90. The Balaban J connectivity index is 1.65. The molecule has 0 saturated carbocycles. The Morgan fingerprint density at radius 2 is 2.03 bits per heavy atom. The van der Waals surface area contributed by atoms with Crippen LogP contribution in [-0.2, 0) is 0 Å². The molecule has 0 atom stereocenters. The third-order valence-electron chi connectivity index (χ3n) is 4.22. The summed E-state index contributed by atoms with van der Waals surface area (Å²) >= 11 is 7.27. The predicted octanol–water partition coefficient (Wildman–Crippen LogP) is 2.92. The van der Waals surface area contributed by atoms with Crippen molar-refractivity contribution in [3.63, 3.8) is 0 Å². The molecule has 1 amide bonds. The summed E-state index contributed by atoms with van der Waals surface area (Å²) in [6.45, 7) is 6.31. The van der Waals surface area contributed by atoms with E-state index in [0.717, 1.165) is 4.88 Å². The van der Waals surface area contributed by atoms with Crippen molar-refractivity contribution in [3.05, 3.63) is 57.9 Å². The smallest absolute Gasteiger partial charge is 0.292 e. The van der Waals surface area contributed by atoms with Gasteiger partial charge in [-0.15, -0.1) is 16.4 Å². The molecule has 3 aromatic heterocycles. The largest absolute Gasteiger partial charge is 0.494 e. The maximum absolute atomic E-state index is 12.9. The van der Waals surface area contributed by atoms with E-state index in [2.05, 4.69) is 42.7 Å². The van der Waals surface area contributed by atoms with Crippen LogP contribution in [0.3, 0.4) is 0 Å². The lowest BCUT2D eigenvalue weighted by Gasteiger charge is -2.10. The number of ether oxygens (including phenoxy) is 1. The molecule has 0 unspecified atom stereocenters. The molecule has 4 aromatic rings. The molecule has 32 heavy (non-hydrogen) atoms. The standard InChI is InChI=1S/C19H17ClN8O3S/c1-3-30-12-6-4-11(5-7-12)16-15(23-27-28(16)18-17(21)25-31-26-18)19(29)24-22-10(2)13-8-9-14(20)32-13/h4-9,22H,2-3H2,1H3,(H2,21,25)(H,24,29). The SMILES string of the molecule is C=C(NNC(=O)c1nnn(-c2nonc2N)c1-c1ccc(OCC)cc1)c1ccc(Cl)s1. The molecule has 11 nitrogen and oxygen atoms in total. The molecule has 0 bridgehead atoms. The van der Waals surface area contributed by atoms with E-state index in [9.17, 15) is 4.79 Å². The number of aromatic nitrogens is 5. The van der Waals surface area contributed by atoms with Crippen LogP contribution in [0.25, 0.3) is 22.8 Å². The molecule has 3 heterocycles. The fraction of sp³-hybridized carbons (Fsp3) is 0.105. The number of nitrogen functional groups attached to an aromatic ring is 1. The van der Waals surface area contributed by atoms with Crippen LogP contribution in [0.1, 0.15) is 22.3 Å². The van der Waals surface area contributed by atoms with Crippen molar-refractivity contribution in [1.29, 1.82) is 0 Å². The second-order valence-corrected chi connectivity index (χ2v) is 8.01. The topological polar surface area (TPSA) is 146 Å². The molecular weight excluding hydrogens is 456 g/mol. The molecule has 0 saturated heterocycles. The quantitative estimate of drug-likeness (QED) is 0.329. The summed E-state index contributed by atoms with van der Waals surface area (Å²) in [4.78, 5) is 13.7. The van der Waals surface area contributed by atoms with Crippen LogP contribution >= 0.6 is 22.9 Å². The number of nitrogens with zero attached hydrogens (tertiary/aromatic N) is 5. The lowest BCUT2D eigenvalue weighted by atomic mass is 10.1. The molecule has 0 spiro atoms. The second-order valence-electron chi connectivity index (χ2n) is 6.29. The Labute approximate surface area is 190 Å². The average Bonchev–Trinajstić information content (AvgIpc) is 3.52. The number of hydrogen-bond donors (Lipinski definition) is 3. The molecular formula is C19H17ClN8O3S. The molecule has 13 heteroatoms. The van der Waals surface area contributed by atoms with Gasteiger partial charge in [-0.1, -0.05) is 23.4 Å². The van der Waals surface area contributed by atoms with E-state index in [1.807, 2.05) is 6.92 Å². The molecule has 4 N–H and O–H groups in total. The van der Waals surface area contributed by atoms with E-state index in [1.54, 1.807) is 36.4 Å². The average molecular weight is 473 g/mol. The van der Waals surface area contributed by atoms with Gasteiger partial charge in [0.05, 0.1) is 21.5 Å². The lowest BCUT2D eigenvalue weighted by Crippen LogP contribution is -2.36. The minimum atomic E-state index is -0.557. The first-order chi connectivity index (χ1) is 15.5. The number of carbonyl (C=O) groups is 1. The van der Waals surface area contributed by atoms with E-state index in [0.29, 0.717) is 33.6 Å². The van der Waals surface area contributed by atoms with Crippen molar-refractivity contribution in [1.82, 2.24) is 36.2 Å². The number of rotatable bonds is 8. The van der Waals surface area contributed by atoms with Crippen LogP contribution in [0, 0.1) is 0 Å². The van der Waals surface area contributed by atoms with E-state index >= 15 is 0 Å². The summed E-state index contributed by atoms with van der Waals surface area (Å²) in [5.74, 6) is 0.219. The monoisotopic (exact) mass is 472 g/mol. The van der Waals surface area contributed by atoms with Crippen LogP contribution in [0.5, 0.6) is 5.75 Å². The minimum absolute atomic E-state index is 0.00452. The van der Waals surface area contributed by atoms with Crippen LogP contribution in [0.2, 0.25) is 4.34 Å². The van der Waals surface area contributed by atoms with Crippen molar-refractivity contribution in [3.8, 4) is 22.8 Å². The normalized spacial score (nSPS) is 10.7. The van der Waals surface area contributed by atoms with Crippen molar-refractivity contribution in [2.45, 2.75) is 6.92 Å². The number of thiophene rings is 1. The van der Waals surface area contributed by atoms with Gasteiger partial charge >= 0.3 is 0 Å². The zero-order valence-corrected chi connectivity index (χ0v) is 18.3. The Morgan fingerprint density at radius 3 is 2.66 bits per heavy atom. The fourth-order valence-electron chi connectivity index (χ4n) is 2.79. The first-order valence-electron chi connectivity index (χ1n) is 9.26. The molecule has 0 aliphatic rings. The van der Waals surface area contributed by atoms with E-state index < -0.39 is 5.91 Å². The number of hydrogen-bond acceptors (Lipinski definition) is 10. The third-order valence-corrected chi connectivity index (χ3v) is 5.51. The molecule has 4 rings (SSSR count). The van der Waals surface area contributed by atoms with Crippen LogP contribution in [0.4, 0.5) is 5.82 Å². The number of halogens is 1. The van der Waals surface area contributed by atoms with Gasteiger partial charge in [-0.25, -0.2) is 4.63 Å². The van der Waals surface area contributed by atoms with Gasteiger partial charge in [-0.2, -0.15) is 4.68 Å². The predicted molar refractivity (Wildman–Crippen MR) is 119 cm³/mol. The van der Waals surface area contributed by atoms with E-state index in [4.69, 9.17) is 22.1 Å². The molecule has 0 fully saturated rings. The molecule has 0 radical (unpaired) electrons. The summed E-state index contributed by atoms with van der Waals surface area (Å²) in [6, 6.07) is 10.6. The number of carbonyl (C=O) groups excluding carboxylic acids is 1. The van der Waals surface area contributed by atoms with Gasteiger partial charge in [0.1, 0.15) is 11.4 Å². The maximum Gasteiger partial charge on any atom is 0.292 e. The summed E-state index contributed by atoms with van der Waals surface area (Å²) in [5.41, 5.74) is 12.6. The first kappa shape index (κ1) is 21.3. The van der Waals surface area contributed by atoms with Gasteiger partial charge in [0.2, 0.25) is 11.6 Å². The van der Waals surface area contributed by atoms with Gasteiger partial charge in [0.25, 0.3) is 5.91 Å². The number of hydrazine groups is 1. The highest BCUT2D eigenvalue weighted by atomic mass is 35.5. The Morgan fingerprint density at radius 1 is 1.25 bits per heavy atom. The van der Waals surface area contributed by atoms with Gasteiger partial charge in [0.15, 0.2) is 5.69 Å². The lowest BCUT2D eigenvalue weighted by molar-refractivity contribution is 0.0938. The zero-order valence-electron chi connectivity index (χ0n) is 16.7. The number of anilines is 1. The zero-order chi connectivity index (χ0) is 22.7. The molecule has 1 aromatic carbocycles. The van der Waals surface area contributed by atoms with Crippen molar-refractivity contribution in [2.75, 3.05) is 12.3 Å². The van der Waals surface area contributed by atoms with Gasteiger partial charge in [-0.05, 0) is 53.6 Å². The summed E-state index contributed by atoms with van der Waals surface area (Å²) in [6.07, 6.45) is 0.